The molecule has 4 aromatic rings. The number of hydrogen-bond acceptors (Lipinski definition) is 4. The lowest BCUT2D eigenvalue weighted by atomic mass is 9.91. The van der Waals surface area contributed by atoms with Crippen LogP contribution in [0.15, 0.2) is 67.4 Å². The fraction of sp³-hybridized carbons (Fsp3) is 0.136. The molecular weight excluding hydrogens is 368 g/mol. The summed E-state index contributed by atoms with van der Waals surface area (Å²) < 4.78 is 1.84. The molecule has 5 rings (SSSR count). The third-order valence-electron chi connectivity index (χ3n) is 4.99. The van der Waals surface area contributed by atoms with Gasteiger partial charge in [-0.25, -0.2) is 9.97 Å². The fourth-order valence-electron chi connectivity index (χ4n) is 3.52. The molecule has 3 heterocycles. The number of aryl methyl sites for hydroxylation is 2. The summed E-state index contributed by atoms with van der Waals surface area (Å²) in [6.45, 7) is 0.454. The van der Waals surface area contributed by atoms with E-state index in [0.717, 1.165) is 29.1 Å². The lowest BCUT2D eigenvalue weighted by molar-refractivity contribution is 0.0955. The van der Waals surface area contributed by atoms with Crippen molar-refractivity contribution in [2.45, 2.75) is 19.4 Å². The molecule has 0 atom stereocenters. The summed E-state index contributed by atoms with van der Waals surface area (Å²) in [6.07, 6.45) is 9.09. The van der Waals surface area contributed by atoms with E-state index in [9.17, 15) is 4.79 Å². The Labute approximate surface area is 166 Å². The van der Waals surface area contributed by atoms with Crippen molar-refractivity contribution in [1.82, 2.24) is 19.9 Å². The van der Waals surface area contributed by atoms with Crippen LogP contribution in [0.1, 0.15) is 26.4 Å². The Morgan fingerprint density at radius 3 is 2.86 bits per heavy atom. The minimum Gasteiger partial charge on any atom is -0.347 e. The Bertz CT molecular complexity index is 1130. The van der Waals surface area contributed by atoms with Crippen molar-refractivity contribution in [2.24, 2.45) is 0 Å². The second-order valence-corrected chi connectivity index (χ2v) is 7.85. The van der Waals surface area contributed by atoms with Crippen LogP contribution < -0.4 is 5.32 Å². The number of rotatable bonds is 4. The van der Waals surface area contributed by atoms with Crippen LogP contribution in [-0.2, 0) is 19.4 Å². The van der Waals surface area contributed by atoms with Crippen LogP contribution in [0.3, 0.4) is 0 Å². The van der Waals surface area contributed by atoms with Gasteiger partial charge in [-0.15, -0.1) is 11.3 Å². The smallest absolute Gasteiger partial charge is 0.261 e. The summed E-state index contributed by atoms with van der Waals surface area (Å²) in [7, 11) is 0. The van der Waals surface area contributed by atoms with Gasteiger partial charge < -0.3 is 5.32 Å². The molecular formula is C22H18N4OS. The molecule has 1 N–H and O–H groups in total. The molecule has 0 aliphatic heterocycles. The van der Waals surface area contributed by atoms with Gasteiger partial charge in [-0.3, -0.25) is 9.36 Å². The zero-order chi connectivity index (χ0) is 18.9. The van der Waals surface area contributed by atoms with E-state index < -0.39 is 0 Å². The first kappa shape index (κ1) is 16.9. The summed E-state index contributed by atoms with van der Waals surface area (Å²) in [5.41, 5.74) is 4.88. The summed E-state index contributed by atoms with van der Waals surface area (Å²) >= 11 is 1.58. The van der Waals surface area contributed by atoms with Gasteiger partial charge in [0.15, 0.2) is 0 Å². The highest BCUT2D eigenvalue weighted by molar-refractivity contribution is 7.17. The van der Waals surface area contributed by atoms with Gasteiger partial charge in [0.05, 0.1) is 4.88 Å². The number of imidazole rings is 1. The van der Waals surface area contributed by atoms with Crippen LogP contribution in [-0.4, -0.2) is 20.4 Å². The molecule has 0 spiro atoms. The van der Waals surface area contributed by atoms with Crippen LogP contribution in [0, 0.1) is 0 Å². The summed E-state index contributed by atoms with van der Waals surface area (Å²) in [4.78, 5) is 23.1. The molecule has 1 amide bonds. The van der Waals surface area contributed by atoms with E-state index in [1.807, 2.05) is 29.0 Å². The largest absolute Gasteiger partial charge is 0.347 e. The zero-order valence-electron chi connectivity index (χ0n) is 15.1. The Kier molecular flexibility index (Phi) is 4.25. The Balaban J connectivity index is 1.29. The third kappa shape index (κ3) is 3.12. The average Bonchev–Trinajstić information content (AvgIpc) is 3.42. The molecule has 0 saturated heterocycles. The molecule has 28 heavy (non-hydrogen) atoms. The molecule has 1 aromatic carbocycles. The van der Waals surface area contributed by atoms with Crippen LogP contribution in [0.5, 0.6) is 0 Å². The first-order chi connectivity index (χ1) is 13.8. The van der Waals surface area contributed by atoms with E-state index in [0.29, 0.717) is 6.54 Å². The van der Waals surface area contributed by atoms with Crippen molar-refractivity contribution in [3.63, 3.8) is 0 Å². The minimum absolute atomic E-state index is 0.0319. The van der Waals surface area contributed by atoms with Crippen molar-refractivity contribution in [3.05, 3.63) is 88.9 Å². The van der Waals surface area contributed by atoms with Gasteiger partial charge in [-0.2, -0.15) is 0 Å². The monoisotopic (exact) mass is 386 g/mol. The zero-order valence-corrected chi connectivity index (χ0v) is 15.9. The van der Waals surface area contributed by atoms with Gasteiger partial charge in [-0.05, 0) is 47.2 Å². The highest BCUT2D eigenvalue weighted by atomic mass is 32.1. The quantitative estimate of drug-likeness (QED) is 0.576. The van der Waals surface area contributed by atoms with E-state index in [1.54, 1.807) is 30.1 Å². The van der Waals surface area contributed by atoms with Crippen LogP contribution in [0.25, 0.3) is 16.3 Å². The van der Waals surface area contributed by atoms with E-state index >= 15 is 0 Å². The molecule has 0 bridgehead atoms. The number of nitrogens with one attached hydrogen (secondary N) is 1. The first-order valence-electron chi connectivity index (χ1n) is 9.20. The number of hydrogen-bond donors (Lipinski definition) is 1. The molecule has 1 aliphatic rings. The maximum Gasteiger partial charge on any atom is 0.261 e. The second kappa shape index (κ2) is 7.05. The van der Waals surface area contributed by atoms with Crippen molar-refractivity contribution in [3.8, 4) is 16.3 Å². The van der Waals surface area contributed by atoms with Gasteiger partial charge in [0.2, 0.25) is 0 Å². The first-order valence-corrected chi connectivity index (χ1v) is 10.0. The molecule has 0 radical (unpaired) electrons. The number of aromatic nitrogens is 3. The molecule has 0 saturated carbocycles. The van der Waals surface area contributed by atoms with Crippen molar-refractivity contribution in [2.75, 3.05) is 0 Å². The number of carbonyl (C=O) groups excluding carboxylic acids is 1. The Morgan fingerprint density at radius 1 is 1.14 bits per heavy atom. The van der Waals surface area contributed by atoms with Crippen LogP contribution in [0.4, 0.5) is 0 Å². The number of pyridine rings is 1. The standard InChI is InChI=1S/C22H18N4OS/c27-22(25-13-15-5-8-20(24-12-15)26-10-9-23-14-26)19-11-17-7-6-16-3-1-2-4-18(16)21(17)28-19/h1-5,8-12,14H,6-7,13H2,(H,25,27). The Morgan fingerprint density at radius 2 is 2.04 bits per heavy atom. The highest BCUT2D eigenvalue weighted by Crippen LogP contribution is 2.39. The van der Waals surface area contributed by atoms with Crippen LogP contribution >= 0.6 is 11.3 Å². The molecule has 138 valence electrons. The summed E-state index contributed by atoms with van der Waals surface area (Å²) in [6, 6.07) is 14.4. The van der Waals surface area contributed by atoms with Gasteiger partial charge in [-0.1, -0.05) is 30.3 Å². The maximum absolute atomic E-state index is 12.7. The topological polar surface area (TPSA) is 59.8 Å². The number of thiophene rings is 1. The van der Waals surface area contributed by atoms with E-state index in [1.165, 1.54) is 21.6 Å². The van der Waals surface area contributed by atoms with Gasteiger partial charge in [0.25, 0.3) is 5.91 Å². The van der Waals surface area contributed by atoms with Gasteiger partial charge in [0, 0.05) is 30.0 Å². The van der Waals surface area contributed by atoms with Gasteiger partial charge >= 0.3 is 0 Å². The summed E-state index contributed by atoms with van der Waals surface area (Å²) in [5, 5.41) is 3.01. The molecule has 0 fully saturated rings. The number of nitrogens with zero attached hydrogens (tertiary/aromatic N) is 3. The number of amides is 1. The molecule has 1 aliphatic carbocycles. The maximum atomic E-state index is 12.7. The van der Waals surface area contributed by atoms with Crippen molar-refractivity contribution in [1.29, 1.82) is 0 Å². The SMILES string of the molecule is O=C(NCc1ccc(-n2ccnc2)nc1)c1cc2c(s1)-c1ccccc1CC2. The van der Waals surface area contributed by atoms with E-state index in [-0.39, 0.29) is 5.91 Å². The number of benzene rings is 1. The third-order valence-corrected chi connectivity index (χ3v) is 6.20. The molecule has 5 nitrogen and oxygen atoms in total. The molecule has 6 heteroatoms. The van der Waals surface area contributed by atoms with Crippen molar-refractivity contribution < 1.29 is 4.79 Å². The average molecular weight is 386 g/mol. The van der Waals surface area contributed by atoms with E-state index in [4.69, 9.17) is 0 Å². The number of carbonyl (C=O) groups is 1. The fourth-order valence-corrected chi connectivity index (χ4v) is 4.71. The Hall–Kier alpha value is -3.25. The second-order valence-electron chi connectivity index (χ2n) is 6.80. The molecule has 3 aromatic heterocycles. The van der Waals surface area contributed by atoms with Gasteiger partial charge in [0.1, 0.15) is 12.1 Å². The molecule has 0 unspecified atom stereocenters. The predicted octanol–water partition coefficient (Wildman–Crippen LogP) is 4.02. The normalized spacial score (nSPS) is 12.3. The lowest BCUT2D eigenvalue weighted by Crippen LogP contribution is -2.21. The van der Waals surface area contributed by atoms with Crippen LogP contribution in [0.2, 0.25) is 0 Å². The number of fused-ring (bicyclic) bond motifs is 3. The van der Waals surface area contributed by atoms with Crippen molar-refractivity contribution >= 4 is 17.2 Å². The highest BCUT2D eigenvalue weighted by Gasteiger charge is 2.21. The lowest BCUT2D eigenvalue weighted by Gasteiger charge is -2.15. The van der Waals surface area contributed by atoms with E-state index in [2.05, 4.69) is 39.6 Å². The summed E-state index contributed by atoms with van der Waals surface area (Å²) in [5.74, 6) is 0.771. The predicted molar refractivity (Wildman–Crippen MR) is 110 cm³/mol. The minimum atomic E-state index is -0.0319.